The van der Waals surface area contributed by atoms with Crippen LogP contribution < -0.4 is 5.32 Å². The smallest absolute Gasteiger partial charge is 0.220 e. The van der Waals surface area contributed by atoms with Crippen molar-refractivity contribution in [3.8, 4) is 0 Å². The van der Waals surface area contributed by atoms with Gasteiger partial charge in [-0.25, -0.2) is 0 Å². The summed E-state index contributed by atoms with van der Waals surface area (Å²) >= 11 is 0. The number of carbonyl (C=O) groups excluding carboxylic acids is 1. The van der Waals surface area contributed by atoms with Crippen molar-refractivity contribution >= 4 is 5.91 Å². The molecule has 0 aliphatic rings. The van der Waals surface area contributed by atoms with Gasteiger partial charge in [-0.2, -0.15) is 0 Å². The molecule has 0 rings (SSSR count). The van der Waals surface area contributed by atoms with Crippen LogP contribution in [0.4, 0.5) is 0 Å². The fraction of sp³-hybridized carbons (Fsp3) is 0.833. The third kappa shape index (κ3) is 45.4. The molecule has 4 nitrogen and oxygen atoms in total. The fourth-order valence-corrected chi connectivity index (χ4v) is 7.79. The van der Waals surface area contributed by atoms with E-state index in [1.165, 1.54) is 212 Å². The number of aliphatic hydroxyl groups excluding tert-OH is 2. The van der Waals surface area contributed by atoms with Gasteiger partial charge in [0.1, 0.15) is 0 Å². The first kappa shape index (κ1) is 56.4. The number of nitrogens with one attached hydrogen (secondary N) is 1. The van der Waals surface area contributed by atoms with E-state index < -0.39 is 12.1 Å². The minimum atomic E-state index is -0.873. The Hall–Kier alpha value is -1.65. The molecule has 0 aromatic rings. The Morgan fingerprint density at radius 2 is 0.672 bits per heavy atom. The molecule has 0 fully saturated rings. The van der Waals surface area contributed by atoms with Gasteiger partial charge in [0.05, 0.1) is 18.8 Å². The molecule has 0 radical (unpaired) electrons. The molecule has 0 spiro atoms. The van der Waals surface area contributed by atoms with Gasteiger partial charge in [0.2, 0.25) is 5.91 Å². The van der Waals surface area contributed by atoms with Crippen molar-refractivity contribution < 1.29 is 15.0 Å². The molecule has 0 saturated carbocycles. The van der Waals surface area contributed by atoms with E-state index in [-0.39, 0.29) is 12.5 Å². The number of aliphatic hydroxyl groups is 2. The zero-order valence-corrected chi connectivity index (χ0v) is 39.1. The Morgan fingerprint density at radius 3 is 1.00 bits per heavy atom. The molecule has 58 heavy (non-hydrogen) atoms. The van der Waals surface area contributed by atoms with Crippen LogP contribution in [0, 0.1) is 0 Å². The number of allylic oxidation sites excluding steroid dienone is 7. The van der Waals surface area contributed by atoms with E-state index in [4.69, 9.17) is 0 Å². The first-order valence-corrected chi connectivity index (χ1v) is 25.9. The van der Waals surface area contributed by atoms with Crippen LogP contribution >= 0.6 is 0 Å². The van der Waals surface area contributed by atoms with Crippen LogP contribution in [0.3, 0.4) is 0 Å². The minimum Gasteiger partial charge on any atom is -0.394 e. The average Bonchev–Trinajstić information content (AvgIpc) is 3.23. The first-order chi connectivity index (χ1) is 28.7. The highest BCUT2D eigenvalue weighted by atomic mass is 16.3. The lowest BCUT2D eigenvalue weighted by atomic mass is 10.0. The Morgan fingerprint density at radius 1 is 0.397 bits per heavy atom. The summed E-state index contributed by atoms with van der Waals surface area (Å²) in [7, 11) is 0. The first-order valence-electron chi connectivity index (χ1n) is 25.9. The number of rotatable bonds is 47. The summed E-state index contributed by atoms with van der Waals surface area (Å²) in [5.41, 5.74) is 0. The molecule has 1 amide bonds. The second kappa shape index (κ2) is 49.7. The van der Waals surface area contributed by atoms with E-state index in [1.807, 2.05) is 6.08 Å². The van der Waals surface area contributed by atoms with E-state index in [0.29, 0.717) is 6.42 Å². The lowest BCUT2D eigenvalue weighted by Crippen LogP contribution is -2.45. The van der Waals surface area contributed by atoms with Crippen LogP contribution in [0.1, 0.15) is 271 Å². The van der Waals surface area contributed by atoms with Crippen molar-refractivity contribution in [2.24, 2.45) is 0 Å². The summed E-state index contributed by atoms with van der Waals surface area (Å²) in [6.45, 7) is 4.31. The van der Waals surface area contributed by atoms with Crippen LogP contribution in [0.5, 0.6) is 0 Å². The number of carbonyl (C=O) groups is 1. The standard InChI is InChI=1S/C54H101NO3/c1-3-5-7-9-11-13-15-17-19-21-23-25-26-27-28-30-31-33-35-37-39-41-43-45-47-49-53(57)52(51-56)55-54(58)50-48-46-44-42-40-38-36-34-32-29-24-22-20-18-16-14-12-10-8-6-4-2/h29,31-33,39,41,47,49,52-53,56-57H,3-28,30,34-38,40,42-46,48,50-51H2,1-2H3,(H,55,58)/b32-29-,33-31+,41-39+,49-47+. The lowest BCUT2D eigenvalue weighted by Gasteiger charge is -2.19. The number of hydrogen-bond donors (Lipinski definition) is 3. The molecule has 0 saturated heterocycles. The second-order valence-corrected chi connectivity index (χ2v) is 17.6. The van der Waals surface area contributed by atoms with E-state index in [9.17, 15) is 15.0 Å². The van der Waals surface area contributed by atoms with Crippen molar-refractivity contribution in [3.05, 3.63) is 48.6 Å². The Kier molecular flexibility index (Phi) is 48.3. The molecule has 0 heterocycles. The number of amides is 1. The molecule has 340 valence electrons. The maximum atomic E-state index is 12.4. The summed E-state index contributed by atoms with van der Waals surface area (Å²) in [5.74, 6) is -0.0807. The topological polar surface area (TPSA) is 69.6 Å². The Balaban J connectivity index is 3.60. The number of hydrogen-bond acceptors (Lipinski definition) is 3. The van der Waals surface area contributed by atoms with Gasteiger partial charge in [0.15, 0.2) is 0 Å². The third-order valence-corrected chi connectivity index (χ3v) is 11.8. The summed E-state index contributed by atoms with van der Waals surface area (Å²) in [6.07, 6.45) is 68.2. The van der Waals surface area contributed by atoms with Gasteiger partial charge in [0.25, 0.3) is 0 Å². The maximum absolute atomic E-state index is 12.4. The van der Waals surface area contributed by atoms with Gasteiger partial charge in [-0.05, 0) is 70.6 Å². The van der Waals surface area contributed by atoms with Crippen molar-refractivity contribution in [1.29, 1.82) is 0 Å². The molecule has 0 aliphatic carbocycles. The Labute approximate surface area is 363 Å². The third-order valence-electron chi connectivity index (χ3n) is 11.8. The predicted molar refractivity (Wildman–Crippen MR) is 258 cm³/mol. The van der Waals surface area contributed by atoms with Gasteiger partial charge in [-0.15, -0.1) is 0 Å². The van der Waals surface area contributed by atoms with E-state index >= 15 is 0 Å². The fourth-order valence-electron chi connectivity index (χ4n) is 7.79. The molecule has 0 aromatic heterocycles. The summed E-state index contributed by atoms with van der Waals surface area (Å²) in [4.78, 5) is 12.4. The van der Waals surface area contributed by atoms with Crippen molar-refractivity contribution in [2.45, 2.75) is 283 Å². The van der Waals surface area contributed by atoms with Crippen molar-refractivity contribution in [3.63, 3.8) is 0 Å². The summed E-state index contributed by atoms with van der Waals surface area (Å²) < 4.78 is 0. The number of unbranched alkanes of at least 4 members (excludes halogenated alkanes) is 34. The SMILES string of the molecule is CCCCCCCCCCCC/C=C\CCCCCCCCCC(=O)NC(CO)C(O)/C=C/CC/C=C/CC/C=C/CCCCCCCCCCCCCCCCC. The van der Waals surface area contributed by atoms with Gasteiger partial charge >= 0.3 is 0 Å². The second-order valence-electron chi connectivity index (χ2n) is 17.6. The largest absolute Gasteiger partial charge is 0.394 e. The highest BCUT2D eigenvalue weighted by molar-refractivity contribution is 5.76. The van der Waals surface area contributed by atoms with Crippen molar-refractivity contribution in [2.75, 3.05) is 6.61 Å². The average molecular weight is 812 g/mol. The molecule has 0 bridgehead atoms. The van der Waals surface area contributed by atoms with Crippen LogP contribution in [0.25, 0.3) is 0 Å². The van der Waals surface area contributed by atoms with Crippen molar-refractivity contribution in [1.82, 2.24) is 5.32 Å². The molecule has 2 atom stereocenters. The molecular weight excluding hydrogens is 711 g/mol. The van der Waals surface area contributed by atoms with E-state index in [1.54, 1.807) is 6.08 Å². The molecule has 2 unspecified atom stereocenters. The summed E-state index contributed by atoms with van der Waals surface area (Å²) in [6, 6.07) is -0.649. The molecule has 0 aromatic carbocycles. The zero-order valence-electron chi connectivity index (χ0n) is 39.1. The molecule has 4 heteroatoms. The summed E-state index contributed by atoms with van der Waals surface area (Å²) in [5, 5.41) is 23.1. The van der Waals surface area contributed by atoms with Gasteiger partial charge in [-0.3, -0.25) is 4.79 Å². The quantitative estimate of drug-likeness (QED) is 0.0423. The predicted octanol–water partition coefficient (Wildman–Crippen LogP) is 16.7. The highest BCUT2D eigenvalue weighted by Crippen LogP contribution is 2.15. The van der Waals surface area contributed by atoms with Gasteiger partial charge < -0.3 is 15.5 Å². The van der Waals surface area contributed by atoms with Gasteiger partial charge in [0, 0.05) is 6.42 Å². The van der Waals surface area contributed by atoms with Crippen LogP contribution in [-0.4, -0.2) is 34.9 Å². The van der Waals surface area contributed by atoms with Crippen LogP contribution in [-0.2, 0) is 4.79 Å². The molecular formula is C54H101NO3. The van der Waals surface area contributed by atoms with E-state index in [2.05, 4.69) is 55.6 Å². The highest BCUT2D eigenvalue weighted by Gasteiger charge is 2.17. The van der Waals surface area contributed by atoms with Crippen LogP contribution in [0.2, 0.25) is 0 Å². The molecule has 3 N–H and O–H groups in total. The minimum absolute atomic E-state index is 0.0807. The lowest BCUT2D eigenvalue weighted by molar-refractivity contribution is -0.123. The zero-order chi connectivity index (χ0) is 42.1. The Bertz CT molecular complexity index is 923. The normalized spacial score (nSPS) is 13.2. The monoisotopic (exact) mass is 812 g/mol. The van der Waals surface area contributed by atoms with Crippen LogP contribution in [0.15, 0.2) is 48.6 Å². The van der Waals surface area contributed by atoms with E-state index in [0.717, 1.165) is 38.5 Å². The maximum Gasteiger partial charge on any atom is 0.220 e. The van der Waals surface area contributed by atoms with Gasteiger partial charge in [-0.1, -0.05) is 242 Å². The molecule has 0 aliphatic heterocycles.